The molecule has 0 bridgehead atoms. The van der Waals surface area contributed by atoms with Crippen molar-refractivity contribution in [2.75, 3.05) is 26.3 Å². The standard InChI is InChI=1S/C24H25ClFN5O3/c1-13-22(25)14(2)31-23(27-13)19-9-30(10-20(19)28-31)24(32)18-4-3-15(26)7-21(18)34-17-5-6-29(8-17)16-11-33-12-16/h3-4,7,16-17H,5-6,8-12H2,1-2H3. The Bertz CT molecular complexity index is 1310. The van der Waals surface area contributed by atoms with Crippen LogP contribution < -0.4 is 4.74 Å². The van der Waals surface area contributed by atoms with Crippen LogP contribution in [0.25, 0.3) is 5.65 Å². The van der Waals surface area contributed by atoms with Gasteiger partial charge in [0.25, 0.3) is 5.91 Å². The van der Waals surface area contributed by atoms with Gasteiger partial charge in [-0.15, -0.1) is 0 Å². The Balaban J connectivity index is 1.23. The number of aromatic nitrogens is 3. The molecular formula is C24H25ClFN5O3. The Kier molecular flexibility index (Phi) is 5.24. The first-order chi connectivity index (χ1) is 16.4. The second-order valence-electron chi connectivity index (χ2n) is 9.27. The number of halogens is 2. The van der Waals surface area contributed by atoms with Crippen LogP contribution in [0.5, 0.6) is 5.75 Å². The van der Waals surface area contributed by atoms with Gasteiger partial charge < -0.3 is 14.4 Å². The van der Waals surface area contributed by atoms with Crippen LogP contribution in [0.1, 0.15) is 39.4 Å². The van der Waals surface area contributed by atoms with Crippen LogP contribution in [0.3, 0.4) is 0 Å². The van der Waals surface area contributed by atoms with Crippen LogP contribution in [0.4, 0.5) is 4.39 Å². The van der Waals surface area contributed by atoms with Crippen molar-refractivity contribution in [3.8, 4) is 5.75 Å². The van der Waals surface area contributed by atoms with E-state index < -0.39 is 5.82 Å². The van der Waals surface area contributed by atoms with Crippen LogP contribution in [-0.2, 0) is 17.8 Å². The Morgan fingerprint density at radius 3 is 2.85 bits per heavy atom. The highest BCUT2D eigenvalue weighted by molar-refractivity contribution is 6.31. The first kappa shape index (κ1) is 21.8. The zero-order valence-electron chi connectivity index (χ0n) is 19.1. The molecule has 0 saturated carbocycles. The predicted octanol–water partition coefficient (Wildman–Crippen LogP) is 3.15. The highest BCUT2D eigenvalue weighted by Crippen LogP contribution is 2.32. The zero-order valence-corrected chi connectivity index (χ0v) is 19.8. The highest BCUT2D eigenvalue weighted by Gasteiger charge is 2.35. The minimum atomic E-state index is -0.428. The lowest BCUT2D eigenvalue weighted by atomic mass is 10.1. The summed E-state index contributed by atoms with van der Waals surface area (Å²) in [4.78, 5) is 22.1. The van der Waals surface area contributed by atoms with Crippen LogP contribution >= 0.6 is 11.6 Å². The van der Waals surface area contributed by atoms with E-state index in [1.54, 1.807) is 9.42 Å². The number of rotatable bonds is 4. The van der Waals surface area contributed by atoms with E-state index in [-0.39, 0.29) is 17.8 Å². The van der Waals surface area contributed by atoms with E-state index in [0.29, 0.717) is 35.4 Å². The van der Waals surface area contributed by atoms with Gasteiger partial charge in [-0.1, -0.05) is 11.6 Å². The fraction of sp³-hybridized carbons (Fsp3) is 0.458. The van der Waals surface area contributed by atoms with Gasteiger partial charge in [0.2, 0.25) is 0 Å². The van der Waals surface area contributed by atoms with E-state index >= 15 is 0 Å². The summed E-state index contributed by atoms with van der Waals surface area (Å²) in [6, 6.07) is 4.55. The Morgan fingerprint density at radius 1 is 1.26 bits per heavy atom. The summed E-state index contributed by atoms with van der Waals surface area (Å²) in [7, 11) is 0. The van der Waals surface area contributed by atoms with Crippen molar-refractivity contribution < 1.29 is 18.7 Å². The molecule has 0 radical (unpaired) electrons. The normalized spacial score (nSPS) is 20.7. The van der Waals surface area contributed by atoms with E-state index in [2.05, 4.69) is 15.0 Å². The topological polar surface area (TPSA) is 72.2 Å². The molecule has 8 nitrogen and oxygen atoms in total. The minimum Gasteiger partial charge on any atom is -0.488 e. The Labute approximate surface area is 201 Å². The lowest BCUT2D eigenvalue weighted by Gasteiger charge is -2.34. The third-order valence-electron chi connectivity index (χ3n) is 7.02. The number of aryl methyl sites for hydroxylation is 2. The van der Waals surface area contributed by atoms with E-state index in [1.165, 1.54) is 18.2 Å². The molecule has 1 amide bonds. The van der Waals surface area contributed by atoms with Crippen molar-refractivity contribution in [2.24, 2.45) is 0 Å². The summed E-state index contributed by atoms with van der Waals surface area (Å²) in [5.74, 6) is -0.351. The number of benzene rings is 1. The maximum atomic E-state index is 14.1. The highest BCUT2D eigenvalue weighted by atomic mass is 35.5. The van der Waals surface area contributed by atoms with E-state index in [9.17, 15) is 9.18 Å². The average molecular weight is 486 g/mol. The molecule has 0 aliphatic carbocycles. The molecule has 10 heteroatoms. The monoisotopic (exact) mass is 485 g/mol. The minimum absolute atomic E-state index is 0.0890. The van der Waals surface area contributed by atoms with Gasteiger partial charge in [-0.3, -0.25) is 9.69 Å². The lowest BCUT2D eigenvalue weighted by Crippen LogP contribution is -2.48. The SMILES string of the molecule is Cc1nc2c3c(nn2c(C)c1Cl)CN(C(=O)c1ccc(F)cc1OC1CCN(C2COC2)C1)C3. The molecule has 1 unspecified atom stereocenters. The van der Waals surface area contributed by atoms with Gasteiger partial charge in [0.05, 0.1) is 60.0 Å². The molecule has 2 saturated heterocycles. The number of carbonyl (C=O) groups is 1. The largest absolute Gasteiger partial charge is 0.488 e. The maximum absolute atomic E-state index is 14.1. The van der Waals surface area contributed by atoms with Gasteiger partial charge >= 0.3 is 0 Å². The number of carbonyl (C=O) groups excluding carboxylic acids is 1. The van der Waals surface area contributed by atoms with Gasteiger partial charge in [-0.25, -0.2) is 13.9 Å². The molecule has 2 aromatic heterocycles. The van der Waals surface area contributed by atoms with Crippen LogP contribution in [0.15, 0.2) is 18.2 Å². The van der Waals surface area contributed by atoms with Gasteiger partial charge in [0.15, 0.2) is 5.65 Å². The Morgan fingerprint density at radius 2 is 2.09 bits per heavy atom. The van der Waals surface area contributed by atoms with Crippen molar-refractivity contribution in [2.45, 2.75) is 45.5 Å². The summed E-state index contributed by atoms with van der Waals surface area (Å²) in [5, 5.41) is 5.24. The molecule has 2 fully saturated rings. The molecule has 5 heterocycles. The van der Waals surface area contributed by atoms with Crippen molar-refractivity contribution in [1.29, 1.82) is 0 Å². The van der Waals surface area contributed by atoms with Gasteiger partial charge in [-0.05, 0) is 32.4 Å². The first-order valence-electron chi connectivity index (χ1n) is 11.5. The predicted molar refractivity (Wildman–Crippen MR) is 123 cm³/mol. The summed E-state index contributed by atoms with van der Waals surface area (Å²) in [6.45, 7) is 7.64. The third-order valence-corrected chi connectivity index (χ3v) is 7.57. The van der Waals surface area contributed by atoms with Crippen molar-refractivity contribution >= 4 is 23.2 Å². The number of likely N-dealkylation sites (tertiary alicyclic amines) is 1. The molecule has 178 valence electrons. The molecule has 3 aliphatic heterocycles. The molecule has 0 spiro atoms. The number of amides is 1. The van der Waals surface area contributed by atoms with Crippen LogP contribution in [0.2, 0.25) is 5.02 Å². The summed E-state index contributed by atoms with van der Waals surface area (Å²) >= 11 is 6.33. The number of nitrogens with zero attached hydrogens (tertiary/aromatic N) is 5. The summed E-state index contributed by atoms with van der Waals surface area (Å²) < 4.78 is 27.3. The Hall–Kier alpha value is -2.75. The number of hydrogen-bond acceptors (Lipinski definition) is 6. The second kappa shape index (κ2) is 8.18. The first-order valence-corrected chi connectivity index (χ1v) is 11.9. The lowest BCUT2D eigenvalue weighted by molar-refractivity contribution is -0.0592. The van der Waals surface area contributed by atoms with Crippen molar-refractivity contribution in [3.05, 3.63) is 57.2 Å². The second-order valence-corrected chi connectivity index (χ2v) is 9.65. The maximum Gasteiger partial charge on any atom is 0.258 e. The number of hydrogen-bond donors (Lipinski definition) is 0. The van der Waals surface area contributed by atoms with E-state index in [4.69, 9.17) is 21.1 Å². The van der Waals surface area contributed by atoms with Gasteiger partial charge in [-0.2, -0.15) is 5.10 Å². The number of ether oxygens (including phenoxy) is 2. The molecule has 6 rings (SSSR count). The average Bonchev–Trinajstić information content (AvgIpc) is 3.47. The number of fused-ring (bicyclic) bond motifs is 3. The molecule has 1 aromatic carbocycles. The smallest absolute Gasteiger partial charge is 0.258 e. The quantitative estimate of drug-likeness (QED) is 0.565. The van der Waals surface area contributed by atoms with E-state index in [1.807, 2.05) is 13.8 Å². The molecule has 0 N–H and O–H groups in total. The fourth-order valence-electron chi connectivity index (χ4n) is 4.99. The van der Waals surface area contributed by atoms with Gasteiger partial charge in [0, 0.05) is 24.7 Å². The summed E-state index contributed by atoms with van der Waals surface area (Å²) in [5.41, 5.74) is 4.33. The molecule has 3 aromatic rings. The van der Waals surface area contributed by atoms with Crippen molar-refractivity contribution in [1.82, 2.24) is 24.4 Å². The molecular weight excluding hydrogens is 461 g/mol. The van der Waals surface area contributed by atoms with Crippen LogP contribution in [-0.4, -0.2) is 68.8 Å². The van der Waals surface area contributed by atoms with Crippen LogP contribution in [0, 0.1) is 19.7 Å². The summed E-state index contributed by atoms with van der Waals surface area (Å²) in [6.07, 6.45) is 0.744. The van der Waals surface area contributed by atoms with Gasteiger partial charge in [0.1, 0.15) is 17.7 Å². The zero-order chi connectivity index (χ0) is 23.6. The van der Waals surface area contributed by atoms with E-state index in [0.717, 1.165) is 55.4 Å². The third kappa shape index (κ3) is 3.54. The molecule has 3 aliphatic rings. The fourth-order valence-corrected chi connectivity index (χ4v) is 5.12. The van der Waals surface area contributed by atoms with Crippen molar-refractivity contribution in [3.63, 3.8) is 0 Å². The molecule has 1 atom stereocenters. The molecule has 34 heavy (non-hydrogen) atoms.